The largest absolute Gasteiger partial charge is 0.309 e. The van der Waals surface area contributed by atoms with Crippen LogP contribution in [0, 0.1) is 3.57 Å². The van der Waals surface area contributed by atoms with Crippen molar-refractivity contribution in [1.82, 2.24) is 4.98 Å². The first-order chi connectivity index (χ1) is 16.2. The van der Waals surface area contributed by atoms with Gasteiger partial charge in [0.15, 0.2) is 0 Å². The second-order valence-corrected chi connectivity index (χ2v) is 9.09. The van der Waals surface area contributed by atoms with E-state index in [0.717, 1.165) is 48.0 Å². The summed E-state index contributed by atoms with van der Waals surface area (Å²) >= 11 is 9.47. The van der Waals surface area contributed by atoms with E-state index in [1.165, 1.54) is 0 Å². The molecule has 1 aromatic heterocycles. The third kappa shape index (κ3) is 4.52. The van der Waals surface area contributed by atoms with Crippen LogP contribution in [-0.2, 0) is 0 Å². The molecule has 0 radical (unpaired) electrons. The van der Waals surface area contributed by atoms with E-state index < -0.39 is 0 Å². The van der Waals surface area contributed by atoms with Gasteiger partial charge in [0.05, 0.1) is 16.4 Å². The summed E-state index contributed by atoms with van der Waals surface area (Å²) in [6.45, 7) is 0. The molecule has 33 heavy (non-hydrogen) atoms. The summed E-state index contributed by atoms with van der Waals surface area (Å²) in [5.74, 6) is 0. The van der Waals surface area contributed by atoms with E-state index in [0.29, 0.717) is 0 Å². The number of aromatic nitrogens is 1. The lowest BCUT2D eigenvalue weighted by Gasteiger charge is -2.27. The van der Waals surface area contributed by atoms with E-state index in [4.69, 9.17) is 11.6 Å². The zero-order chi connectivity index (χ0) is 22.6. The highest BCUT2D eigenvalue weighted by Crippen LogP contribution is 2.44. The molecule has 0 saturated heterocycles. The molecule has 0 aliphatic heterocycles. The predicted molar refractivity (Wildman–Crippen MR) is 148 cm³/mol. The highest BCUT2D eigenvalue weighted by molar-refractivity contribution is 14.1. The van der Waals surface area contributed by atoms with E-state index in [1.807, 2.05) is 60.8 Å². The molecule has 1 heterocycles. The van der Waals surface area contributed by atoms with Crippen molar-refractivity contribution in [3.05, 3.63) is 130 Å². The summed E-state index contributed by atoms with van der Waals surface area (Å²) < 4.78 is 1.12. The number of nitrogens with zero attached hydrogens (tertiary/aromatic N) is 2. The van der Waals surface area contributed by atoms with Gasteiger partial charge in [-0.15, -0.1) is 0 Å². The molecule has 0 spiro atoms. The van der Waals surface area contributed by atoms with Gasteiger partial charge in [0.25, 0.3) is 0 Å². The van der Waals surface area contributed by atoms with Gasteiger partial charge in [0, 0.05) is 32.3 Å². The average molecular weight is 559 g/mol. The standard InChI is InChI=1S/C29H20ClIN2/c30-29-27(19-18-25(31)28(29)22-9-3-1-4-10-22)33(23-11-5-2-6-12-23)24-16-14-21(15-17-24)26-13-7-8-20-32-26/h1-20H. The van der Waals surface area contributed by atoms with E-state index in [-0.39, 0.29) is 0 Å². The molecular formula is C29H20ClIN2. The van der Waals surface area contributed by atoms with Crippen molar-refractivity contribution in [1.29, 1.82) is 0 Å². The van der Waals surface area contributed by atoms with Crippen LogP contribution in [0.1, 0.15) is 0 Å². The quantitative estimate of drug-likeness (QED) is 0.200. The SMILES string of the molecule is Clc1c(N(c2ccccc2)c2ccc(-c3ccccn3)cc2)ccc(I)c1-c1ccccc1. The van der Waals surface area contributed by atoms with Crippen molar-refractivity contribution in [2.45, 2.75) is 0 Å². The molecule has 5 aromatic rings. The molecule has 5 rings (SSSR count). The Morgan fingerprint density at radius 2 is 1.24 bits per heavy atom. The van der Waals surface area contributed by atoms with Crippen molar-refractivity contribution in [3.63, 3.8) is 0 Å². The molecule has 160 valence electrons. The second kappa shape index (κ2) is 9.77. The van der Waals surface area contributed by atoms with Crippen molar-refractivity contribution in [3.8, 4) is 22.4 Å². The van der Waals surface area contributed by atoms with Gasteiger partial charge >= 0.3 is 0 Å². The molecule has 0 amide bonds. The lowest BCUT2D eigenvalue weighted by molar-refractivity contribution is 1.27. The number of halogens is 2. The minimum absolute atomic E-state index is 0.728. The van der Waals surface area contributed by atoms with Crippen LogP contribution < -0.4 is 4.90 Å². The monoisotopic (exact) mass is 558 g/mol. The second-order valence-electron chi connectivity index (χ2n) is 7.55. The molecule has 0 saturated carbocycles. The van der Waals surface area contributed by atoms with E-state index in [9.17, 15) is 0 Å². The Labute approximate surface area is 212 Å². The number of para-hydroxylation sites is 1. The van der Waals surface area contributed by atoms with Crippen LogP contribution in [0.5, 0.6) is 0 Å². The number of hydrogen-bond acceptors (Lipinski definition) is 2. The zero-order valence-corrected chi connectivity index (χ0v) is 20.6. The Kier molecular flexibility index (Phi) is 6.42. The zero-order valence-electron chi connectivity index (χ0n) is 17.7. The summed E-state index contributed by atoms with van der Waals surface area (Å²) in [6, 6.07) is 39.2. The number of pyridine rings is 1. The molecule has 0 bridgehead atoms. The predicted octanol–water partition coefficient (Wildman–Crippen LogP) is 9.14. The van der Waals surface area contributed by atoms with E-state index in [2.05, 4.69) is 93.1 Å². The summed E-state index contributed by atoms with van der Waals surface area (Å²) in [7, 11) is 0. The van der Waals surface area contributed by atoms with Gasteiger partial charge in [0.2, 0.25) is 0 Å². The lowest BCUT2D eigenvalue weighted by Crippen LogP contribution is -2.11. The Balaban J connectivity index is 1.65. The van der Waals surface area contributed by atoms with Gasteiger partial charge in [0.1, 0.15) is 0 Å². The van der Waals surface area contributed by atoms with Gasteiger partial charge < -0.3 is 4.90 Å². The van der Waals surface area contributed by atoms with E-state index in [1.54, 1.807) is 0 Å². The molecule has 4 heteroatoms. The number of rotatable bonds is 5. The van der Waals surface area contributed by atoms with Gasteiger partial charge in [-0.2, -0.15) is 0 Å². The first-order valence-electron chi connectivity index (χ1n) is 10.6. The van der Waals surface area contributed by atoms with Crippen LogP contribution in [0.2, 0.25) is 5.02 Å². The van der Waals surface area contributed by atoms with Gasteiger partial charge in [-0.05, 0) is 76.7 Å². The molecule has 0 aliphatic rings. The Morgan fingerprint density at radius 3 is 1.91 bits per heavy atom. The van der Waals surface area contributed by atoms with Crippen molar-refractivity contribution < 1.29 is 0 Å². The topological polar surface area (TPSA) is 16.1 Å². The number of hydrogen-bond donors (Lipinski definition) is 0. The van der Waals surface area contributed by atoms with Crippen LogP contribution in [0.25, 0.3) is 22.4 Å². The summed E-state index contributed by atoms with van der Waals surface area (Å²) in [5.41, 5.74) is 7.19. The molecule has 0 unspecified atom stereocenters. The van der Waals surface area contributed by atoms with Gasteiger partial charge in [-0.3, -0.25) is 4.98 Å². The van der Waals surface area contributed by atoms with Gasteiger partial charge in [-0.25, -0.2) is 0 Å². The Bertz CT molecular complexity index is 1360. The third-order valence-electron chi connectivity index (χ3n) is 5.47. The van der Waals surface area contributed by atoms with Crippen molar-refractivity contribution in [2.24, 2.45) is 0 Å². The average Bonchev–Trinajstić information content (AvgIpc) is 2.88. The third-order valence-corrected chi connectivity index (χ3v) is 6.76. The number of anilines is 3. The normalized spacial score (nSPS) is 10.7. The molecule has 2 nitrogen and oxygen atoms in total. The fraction of sp³-hybridized carbons (Fsp3) is 0. The maximum Gasteiger partial charge on any atom is 0.0735 e. The van der Waals surface area contributed by atoms with Crippen LogP contribution in [0.4, 0.5) is 17.1 Å². The molecular weight excluding hydrogens is 539 g/mol. The fourth-order valence-electron chi connectivity index (χ4n) is 3.90. The minimum atomic E-state index is 0.728. The lowest BCUT2D eigenvalue weighted by atomic mass is 10.0. The van der Waals surface area contributed by atoms with Crippen LogP contribution in [-0.4, -0.2) is 4.98 Å². The van der Waals surface area contributed by atoms with Gasteiger partial charge in [-0.1, -0.05) is 78.3 Å². The molecule has 4 aromatic carbocycles. The highest BCUT2D eigenvalue weighted by atomic mass is 127. The summed E-state index contributed by atoms with van der Waals surface area (Å²) in [6.07, 6.45) is 1.82. The highest BCUT2D eigenvalue weighted by Gasteiger charge is 2.20. The molecule has 0 atom stereocenters. The van der Waals surface area contributed by atoms with Crippen LogP contribution in [0.15, 0.2) is 121 Å². The first kappa shape index (κ1) is 21.7. The van der Waals surface area contributed by atoms with Crippen molar-refractivity contribution in [2.75, 3.05) is 4.90 Å². The minimum Gasteiger partial charge on any atom is -0.309 e. The fourth-order valence-corrected chi connectivity index (χ4v) is 5.18. The van der Waals surface area contributed by atoms with Crippen LogP contribution >= 0.6 is 34.2 Å². The Morgan fingerprint density at radius 1 is 0.606 bits per heavy atom. The van der Waals surface area contributed by atoms with Crippen LogP contribution in [0.3, 0.4) is 0 Å². The maximum absolute atomic E-state index is 7.11. The summed E-state index contributed by atoms with van der Waals surface area (Å²) in [4.78, 5) is 6.67. The van der Waals surface area contributed by atoms with Crippen molar-refractivity contribution >= 4 is 51.3 Å². The maximum atomic E-state index is 7.11. The first-order valence-corrected chi connectivity index (χ1v) is 12.1. The smallest absolute Gasteiger partial charge is 0.0735 e. The molecule has 0 aliphatic carbocycles. The summed E-state index contributed by atoms with van der Waals surface area (Å²) in [5, 5.41) is 0.728. The Hall–Kier alpha value is -3.15. The molecule has 0 fully saturated rings. The number of benzene rings is 4. The van der Waals surface area contributed by atoms with E-state index >= 15 is 0 Å². The molecule has 0 N–H and O–H groups in total.